The van der Waals surface area contributed by atoms with Gasteiger partial charge in [0.1, 0.15) is 5.69 Å². The number of hydrogen-bond donors (Lipinski definition) is 0. The molecule has 0 saturated carbocycles. The summed E-state index contributed by atoms with van der Waals surface area (Å²) in [5, 5.41) is 0. The maximum absolute atomic E-state index is 11.4. The summed E-state index contributed by atoms with van der Waals surface area (Å²) in [5.41, 5.74) is 0.266. The second-order valence-corrected chi connectivity index (χ2v) is 2.76. The first kappa shape index (κ1) is 11.2. The Morgan fingerprint density at radius 1 is 1.73 bits per heavy atom. The zero-order valence-corrected chi connectivity index (χ0v) is 8.47. The van der Waals surface area contributed by atoms with Gasteiger partial charge in [-0.15, -0.1) is 6.58 Å². The lowest BCUT2D eigenvalue weighted by molar-refractivity contribution is 0.0517. The van der Waals surface area contributed by atoms with Crippen molar-refractivity contribution in [2.75, 3.05) is 6.61 Å². The first-order chi connectivity index (χ1) is 7.24. The third-order valence-corrected chi connectivity index (χ3v) is 1.78. The van der Waals surface area contributed by atoms with Gasteiger partial charge in [-0.05, 0) is 6.92 Å². The molecule has 0 fully saturated rings. The summed E-state index contributed by atoms with van der Waals surface area (Å²) in [5.74, 6) is -0.581. The van der Waals surface area contributed by atoms with E-state index in [4.69, 9.17) is 4.74 Å². The number of aldehydes is 1. The van der Waals surface area contributed by atoms with Gasteiger partial charge in [0.2, 0.25) is 0 Å². The molecule has 1 heterocycles. The zero-order chi connectivity index (χ0) is 11.3. The van der Waals surface area contributed by atoms with Crippen molar-refractivity contribution < 1.29 is 14.3 Å². The van der Waals surface area contributed by atoms with Gasteiger partial charge in [0, 0.05) is 6.54 Å². The zero-order valence-electron chi connectivity index (χ0n) is 8.47. The molecule has 1 aromatic heterocycles. The molecule has 0 amide bonds. The van der Waals surface area contributed by atoms with Crippen molar-refractivity contribution in [1.29, 1.82) is 0 Å². The van der Waals surface area contributed by atoms with Gasteiger partial charge in [-0.2, -0.15) is 0 Å². The Kier molecular flexibility index (Phi) is 3.79. The number of ether oxygens (including phenoxy) is 1. The highest BCUT2D eigenvalue weighted by Crippen LogP contribution is 2.07. The van der Waals surface area contributed by atoms with Crippen molar-refractivity contribution >= 4 is 12.3 Å². The molecule has 0 radical (unpaired) electrons. The Hall–Kier alpha value is -1.91. The van der Waals surface area contributed by atoms with Gasteiger partial charge in [0.15, 0.2) is 12.0 Å². The SMILES string of the molecule is C=CCn1cnc(C(=O)OCC)c1C=O. The lowest BCUT2D eigenvalue weighted by Crippen LogP contribution is -2.09. The van der Waals surface area contributed by atoms with Crippen LogP contribution in [-0.2, 0) is 11.3 Å². The molecule has 0 aliphatic heterocycles. The fraction of sp³-hybridized carbons (Fsp3) is 0.300. The standard InChI is InChI=1S/C10H12N2O3/c1-3-5-12-7-11-9(8(12)6-13)10(14)15-4-2/h3,6-7H,1,4-5H2,2H3. The summed E-state index contributed by atoms with van der Waals surface area (Å²) < 4.78 is 6.30. The van der Waals surface area contributed by atoms with Crippen molar-refractivity contribution in [2.45, 2.75) is 13.5 Å². The summed E-state index contributed by atoms with van der Waals surface area (Å²) in [4.78, 5) is 26.0. The van der Waals surface area contributed by atoms with E-state index in [0.29, 0.717) is 12.8 Å². The molecule has 0 aromatic carbocycles. The van der Waals surface area contributed by atoms with Gasteiger partial charge in [-0.3, -0.25) is 4.79 Å². The van der Waals surface area contributed by atoms with E-state index in [9.17, 15) is 9.59 Å². The molecule has 15 heavy (non-hydrogen) atoms. The number of allylic oxidation sites excluding steroid dienone is 1. The van der Waals surface area contributed by atoms with E-state index >= 15 is 0 Å². The summed E-state index contributed by atoms with van der Waals surface area (Å²) in [6.45, 7) is 5.92. The van der Waals surface area contributed by atoms with E-state index in [0.717, 1.165) is 0 Å². The van der Waals surface area contributed by atoms with Gasteiger partial charge >= 0.3 is 5.97 Å². The van der Waals surface area contributed by atoms with Crippen LogP contribution in [0.1, 0.15) is 27.9 Å². The van der Waals surface area contributed by atoms with Gasteiger partial charge in [0.25, 0.3) is 0 Å². The summed E-state index contributed by atoms with van der Waals surface area (Å²) >= 11 is 0. The van der Waals surface area contributed by atoms with E-state index in [1.807, 2.05) is 0 Å². The predicted octanol–water partition coefficient (Wildman–Crippen LogP) is 1.06. The van der Waals surface area contributed by atoms with Crippen LogP contribution >= 0.6 is 0 Å². The molecule has 0 aliphatic carbocycles. The van der Waals surface area contributed by atoms with Crippen LogP contribution in [0.2, 0.25) is 0 Å². The molecule has 5 heteroatoms. The number of imidazole rings is 1. The van der Waals surface area contributed by atoms with Crippen molar-refractivity contribution in [3.8, 4) is 0 Å². The van der Waals surface area contributed by atoms with Crippen molar-refractivity contribution in [3.63, 3.8) is 0 Å². The minimum Gasteiger partial charge on any atom is -0.461 e. The lowest BCUT2D eigenvalue weighted by Gasteiger charge is -2.01. The normalized spacial score (nSPS) is 9.67. The third kappa shape index (κ3) is 2.31. The number of esters is 1. The van der Waals surface area contributed by atoms with Crippen LogP contribution < -0.4 is 0 Å². The molecule has 1 rings (SSSR count). The first-order valence-electron chi connectivity index (χ1n) is 4.52. The molecule has 0 saturated heterocycles. The van der Waals surface area contributed by atoms with Crippen LogP contribution in [0.15, 0.2) is 19.0 Å². The van der Waals surface area contributed by atoms with Crippen LogP contribution in [0.5, 0.6) is 0 Å². The average molecular weight is 208 g/mol. The molecule has 1 aromatic rings. The van der Waals surface area contributed by atoms with Crippen molar-refractivity contribution in [1.82, 2.24) is 9.55 Å². The highest BCUT2D eigenvalue weighted by molar-refractivity contribution is 5.95. The number of hydrogen-bond acceptors (Lipinski definition) is 4. The Morgan fingerprint density at radius 3 is 3.00 bits per heavy atom. The van der Waals surface area contributed by atoms with Crippen LogP contribution in [0.3, 0.4) is 0 Å². The minimum absolute atomic E-state index is 0.0497. The van der Waals surface area contributed by atoms with E-state index in [1.54, 1.807) is 13.0 Å². The monoisotopic (exact) mass is 208 g/mol. The maximum Gasteiger partial charge on any atom is 0.359 e. The fourth-order valence-corrected chi connectivity index (χ4v) is 1.16. The molecule has 0 bridgehead atoms. The van der Waals surface area contributed by atoms with Gasteiger partial charge < -0.3 is 9.30 Å². The smallest absolute Gasteiger partial charge is 0.359 e. The summed E-state index contributed by atoms with van der Waals surface area (Å²) in [6.07, 6.45) is 3.62. The Morgan fingerprint density at radius 2 is 2.47 bits per heavy atom. The molecule has 0 atom stereocenters. The minimum atomic E-state index is -0.581. The summed E-state index contributed by atoms with van der Waals surface area (Å²) in [6, 6.07) is 0. The highest BCUT2D eigenvalue weighted by Gasteiger charge is 2.17. The third-order valence-electron chi connectivity index (χ3n) is 1.78. The molecule has 0 aliphatic rings. The Bertz CT molecular complexity index is 382. The second-order valence-electron chi connectivity index (χ2n) is 2.76. The second kappa shape index (κ2) is 5.09. The van der Waals surface area contributed by atoms with E-state index in [1.165, 1.54) is 10.9 Å². The largest absolute Gasteiger partial charge is 0.461 e. The number of carbonyl (C=O) groups is 2. The Balaban J connectivity index is 3.02. The highest BCUT2D eigenvalue weighted by atomic mass is 16.5. The molecular formula is C10H12N2O3. The van der Waals surface area contributed by atoms with E-state index < -0.39 is 5.97 Å². The average Bonchev–Trinajstić information content (AvgIpc) is 2.62. The number of rotatable bonds is 5. The number of carbonyl (C=O) groups excluding carboxylic acids is 2. The van der Waals surface area contributed by atoms with Crippen LogP contribution in [-0.4, -0.2) is 28.4 Å². The van der Waals surface area contributed by atoms with Crippen molar-refractivity contribution in [3.05, 3.63) is 30.4 Å². The van der Waals surface area contributed by atoms with Crippen LogP contribution in [0, 0.1) is 0 Å². The molecule has 0 spiro atoms. The number of nitrogens with zero attached hydrogens (tertiary/aromatic N) is 2. The molecule has 0 unspecified atom stereocenters. The van der Waals surface area contributed by atoms with Gasteiger partial charge in [-0.1, -0.05) is 6.08 Å². The quantitative estimate of drug-likeness (QED) is 0.412. The summed E-state index contributed by atoms with van der Waals surface area (Å²) in [7, 11) is 0. The number of aromatic nitrogens is 2. The molecule has 0 N–H and O–H groups in total. The predicted molar refractivity (Wildman–Crippen MR) is 53.8 cm³/mol. The van der Waals surface area contributed by atoms with Gasteiger partial charge in [-0.25, -0.2) is 9.78 Å². The first-order valence-corrected chi connectivity index (χ1v) is 4.52. The van der Waals surface area contributed by atoms with Crippen molar-refractivity contribution in [2.24, 2.45) is 0 Å². The fourth-order valence-electron chi connectivity index (χ4n) is 1.16. The topological polar surface area (TPSA) is 61.2 Å². The lowest BCUT2D eigenvalue weighted by atomic mass is 10.3. The van der Waals surface area contributed by atoms with E-state index in [-0.39, 0.29) is 18.0 Å². The van der Waals surface area contributed by atoms with Crippen LogP contribution in [0.25, 0.3) is 0 Å². The molecule has 5 nitrogen and oxygen atoms in total. The van der Waals surface area contributed by atoms with Gasteiger partial charge in [0.05, 0.1) is 12.9 Å². The Labute approximate surface area is 87.4 Å². The van der Waals surface area contributed by atoms with E-state index in [2.05, 4.69) is 11.6 Å². The molecular weight excluding hydrogens is 196 g/mol. The van der Waals surface area contributed by atoms with Crippen LogP contribution in [0.4, 0.5) is 0 Å². The molecule has 80 valence electrons. The maximum atomic E-state index is 11.4.